The molecular weight excluding hydrogens is 282 g/mol. The van der Waals surface area contributed by atoms with E-state index < -0.39 is 0 Å². The van der Waals surface area contributed by atoms with E-state index in [1.165, 1.54) is 12.8 Å². The van der Waals surface area contributed by atoms with E-state index >= 15 is 0 Å². The Morgan fingerprint density at radius 2 is 2.05 bits per heavy atom. The summed E-state index contributed by atoms with van der Waals surface area (Å²) in [5.41, 5.74) is 0. The third-order valence-electron chi connectivity index (χ3n) is 4.03. The first-order chi connectivity index (χ1) is 10.7. The minimum atomic E-state index is -0.209. The Morgan fingerprint density at radius 3 is 2.77 bits per heavy atom. The van der Waals surface area contributed by atoms with Crippen molar-refractivity contribution < 1.29 is 9.59 Å². The van der Waals surface area contributed by atoms with Crippen molar-refractivity contribution in [3.63, 3.8) is 0 Å². The predicted molar refractivity (Wildman–Crippen MR) is 80.9 cm³/mol. The highest BCUT2D eigenvalue weighted by atomic mass is 16.2. The molecule has 2 heterocycles. The Morgan fingerprint density at radius 1 is 1.27 bits per heavy atom. The lowest BCUT2D eigenvalue weighted by Gasteiger charge is -2.16. The quantitative estimate of drug-likeness (QED) is 0.706. The minimum Gasteiger partial charge on any atom is -0.354 e. The van der Waals surface area contributed by atoms with Gasteiger partial charge in [0.15, 0.2) is 0 Å². The smallest absolute Gasteiger partial charge is 0.225 e. The lowest BCUT2D eigenvalue weighted by atomic mass is 10.1. The maximum absolute atomic E-state index is 12.1. The van der Waals surface area contributed by atoms with Gasteiger partial charge in [0, 0.05) is 45.0 Å². The molecule has 2 fully saturated rings. The Hall–Kier alpha value is -2.18. The van der Waals surface area contributed by atoms with Crippen molar-refractivity contribution in [1.29, 1.82) is 0 Å². The van der Waals surface area contributed by atoms with Crippen molar-refractivity contribution in [2.45, 2.75) is 19.3 Å². The molecule has 1 saturated carbocycles. The van der Waals surface area contributed by atoms with E-state index in [0.29, 0.717) is 37.9 Å². The highest BCUT2D eigenvalue weighted by Crippen LogP contribution is 2.31. The van der Waals surface area contributed by atoms with Crippen LogP contribution in [0.4, 0.5) is 5.95 Å². The molecule has 118 valence electrons. The highest BCUT2D eigenvalue weighted by Gasteiger charge is 2.36. The number of carbonyl (C=O) groups is 2. The topological polar surface area (TPSA) is 87.2 Å². The Balaban J connectivity index is 1.36. The van der Waals surface area contributed by atoms with Crippen LogP contribution >= 0.6 is 0 Å². The number of amides is 2. The fraction of sp³-hybridized carbons (Fsp3) is 0.600. The Labute approximate surface area is 129 Å². The first-order valence-corrected chi connectivity index (χ1v) is 7.79. The molecule has 7 heteroatoms. The molecule has 1 saturated heterocycles. The van der Waals surface area contributed by atoms with Gasteiger partial charge in [-0.25, -0.2) is 9.97 Å². The lowest BCUT2D eigenvalue weighted by molar-refractivity contribution is -0.129. The van der Waals surface area contributed by atoms with Crippen LogP contribution in [-0.4, -0.2) is 52.9 Å². The van der Waals surface area contributed by atoms with E-state index in [1.807, 2.05) is 4.90 Å². The van der Waals surface area contributed by atoms with E-state index in [-0.39, 0.29) is 17.7 Å². The standard InChI is InChI=1S/C15H21N5O2/c21-13-8-12(10-20(13)9-11-2-3-11)14(22)16-6-7-19-15-17-4-1-5-18-15/h1,4-5,11-12H,2-3,6-10H2,(H,16,22)(H,17,18,19)/t12-/m1/s1. The monoisotopic (exact) mass is 303 g/mol. The highest BCUT2D eigenvalue weighted by molar-refractivity contribution is 5.89. The largest absolute Gasteiger partial charge is 0.354 e. The number of aromatic nitrogens is 2. The maximum atomic E-state index is 12.1. The molecule has 0 unspecified atom stereocenters. The second kappa shape index (κ2) is 6.72. The number of anilines is 1. The van der Waals surface area contributed by atoms with E-state index in [2.05, 4.69) is 20.6 Å². The third kappa shape index (κ3) is 3.93. The summed E-state index contributed by atoms with van der Waals surface area (Å²) in [6.07, 6.45) is 6.09. The van der Waals surface area contributed by atoms with Gasteiger partial charge in [-0.05, 0) is 24.8 Å². The fourth-order valence-electron chi connectivity index (χ4n) is 2.63. The van der Waals surface area contributed by atoms with E-state index in [1.54, 1.807) is 18.5 Å². The number of nitrogens with zero attached hydrogens (tertiary/aromatic N) is 3. The predicted octanol–water partition coefficient (Wildman–Crippen LogP) is 0.263. The number of hydrogen-bond donors (Lipinski definition) is 2. The number of hydrogen-bond acceptors (Lipinski definition) is 5. The average molecular weight is 303 g/mol. The molecule has 0 aromatic carbocycles. The van der Waals surface area contributed by atoms with E-state index in [4.69, 9.17) is 0 Å². The minimum absolute atomic E-state index is 0.0394. The molecule has 0 spiro atoms. The molecule has 1 atom stereocenters. The number of carbonyl (C=O) groups excluding carboxylic acids is 2. The molecule has 2 aliphatic rings. The van der Waals surface area contributed by atoms with Crippen molar-refractivity contribution in [3.8, 4) is 0 Å². The van der Waals surface area contributed by atoms with Gasteiger partial charge in [0.2, 0.25) is 17.8 Å². The first kappa shape index (κ1) is 14.7. The van der Waals surface area contributed by atoms with Crippen LogP contribution in [0.2, 0.25) is 0 Å². The van der Waals surface area contributed by atoms with Crippen molar-refractivity contribution >= 4 is 17.8 Å². The molecule has 7 nitrogen and oxygen atoms in total. The SMILES string of the molecule is O=C(NCCNc1ncccn1)[C@@H]1CC(=O)N(CC2CC2)C1. The van der Waals surface area contributed by atoms with Crippen LogP contribution in [0.5, 0.6) is 0 Å². The first-order valence-electron chi connectivity index (χ1n) is 7.79. The summed E-state index contributed by atoms with van der Waals surface area (Å²) in [6.45, 7) is 2.44. The number of rotatable bonds is 7. The van der Waals surface area contributed by atoms with Gasteiger partial charge in [-0.15, -0.1) is 0 Å². The van der Waals surface area contributed by atoms with E-state index in [9.17, 15) is 9.59 Å². The molecule has 22 heavy (non-hydrogen) atoms. The molecule has 1 aromatic rings. The molecule has 2 N–H and O–H groups in total. The molecule has 1 aromatic heterocycles. The van der Waals surface area contributed by atoms with Gasteiger partial charge >= 0.3 is 0 Å². The van der Waals surface area contributed by atoms with Gasteiger partial charge in [-0.3, -0.25) is 9.59 Å². The molecule has 1 aliphatic carbocycles. The molecule has 2 amide bonds. The summed E-state index contributed by atoms with van der Waals surface area (Å²) in [7, 11) is 0. The summed E-state index contributed by atoms with van der Waals surface area (Å²) in [5, 5.41) is 5.90. The average Bonchev–Trinajstić information content (AvgIpc) is 3.27. The van der Waals surface area contributed by atoms with Crippen LogP contribution in [0.25, 0.3) is 0 Å². The van der Waals surface area contributed by atoms with E-state index in [0.717, 1.165) is 6.54 Å². The second-order valence-corrected chi connectivity index (χ2v) is 5.93. The summed E-state index contributed by atoms with van der Waals surface area (Å²) in [5.74, 6) is 1.08. The zero-order valence-electron chi connectivity index (χ0n) is 12.5. The van der Waals surface area contributed by atoms with Crippen molar-refractivity contribution in [1.82, 2.24) is 20.2 Å². The molecule has 3 rings (SSSR count). The molecule has 0 radical (unpaired) electrons. The zero-order valence-corrected chi connectivity index (χ0v) is 12.5. The second-order valence-electron chi connectivity index (χ2n) is 5.93. The summed E-state index contributed by atoms with van der Waals surface area (Å²) in [6, 6.07) is 1.75. The van der Waals surface area contributed by atoms with Crippen LogP contribution < -0.4 is 10.6 Å². The van der Waals surface area contributed by atoms with Gasteiger partial charge in [-0.2, -0.15) is 0 Å². The Bertz CT molecular complexity index is 532. The van der Waals surface area contributed by atoms with Crippen LogP contribution in [0.3, 0.4) is 0 Å². The van der Waals surface area contributed by atoms with Gasteiger partial charge in [0.05, 0.1) is 5.92 Å². The van der Waals surface area contributed by atoms with Crippen molar-refractivity contribution in [2.75, 3.05) is 31.5 Å². The zero-order chi connectivity index (χ0) is 15.4. The Kier molecular flexibility index (Phi) is 4.50. The van der Waals surface area contributed by atoms with Crippen molar-refractivity contribution in [2.24, 2.45) is 11.8 Å². The van der Waals surface area contributed by atoms with Crippen LogP contribution in [0.15, 0.2) is 18.5 Å². The van der Waals surface area contributed by atoms with Crippen LogP contribution in [-0.2, 0) is 9.59 Å². The van der Waals surface area contributed by atoms with Crippen LogP contribution in [0, 0.1) is 11.8 Å². The molecule has 0 bridgehead atoms. The lowest BCUT2D eigenvalue weighted by Crippen LogP contribution is -2.36. The maximum Gasteiger partial charge on any atom is 0.225 e. The number of nitrogens with one attached hydrogen (secondary N) is 2. The van der Waals surface area contributed by atoms with Crippen molar-refractivity contribution in [3.05, 3.63) is 18.5 Å². The number of likely N-dealkylation sites (tertiary alicyclic amines) is 1. The summed E-state index contributed by atoms with van der Waals surface area (Å²) < 4.78 is 0. The summed E-state index contributed by atoms with van der Waals surface area (Å²) in [4.78, 5) is 33.9. The summed E-state index contributed by atoms with van der Waals surface area (Å²) >= 11 is 0. The van der Waals surface area contributed by atoms with Gasteiger partial charge in [0.1, 0.15) is 0 Å². The molecular formula is C15H21N5O2. The van der Waals surface area contributed by atoms with Crippen LogP contribution in [0.1, 0.15) is 19.3 Å². The normalized spacial score (nSPS) is 21.0. The van der Waals surface area contributed by atoms with Gasteiger partial charge in [-0.1, -0.05) is 0 Å². The molecule has 1 aliphatic heterocycles. The van der Waals surface area contributed by atoms with Gasteiger partial charge in [0.25, 0.3) is 0 Å². The van der Waals surface area contributed by atoms with Gasteiger partial charge < -0.3 is 15.5 Å². The third-order valence-corrected chi connectivity index (χ3v) is 4.03. The fourth-order valence-corrected chi connectivity index (χ4v) is 2.63.